The third-order valence-corrected chi connectivity index (χ3v) is 4.11. The van der Waals surface area contributed by atoms with Gasteiger partial charge >= 0.3 is 0 Å². The molecule has 2 aromatic carbocycles. The summed E-state index contributed by atoms with van der Waals surface area (Å²) < 4.78 is 0. The molecule has 2 rings (SSSR count). The predicted octanol–water partition coefficient (Wildman–Crippen LogP) is 5.21. The number of benzene rings is 2. The Hall–Kier alpha value is -2.48. The summed E-state index contributed by atoms with van der Waals surface area (Å²) in [5.41, 5.74) is 4.80. The molecule has 120 valence electrons. The van der Waals surface area contributed by atoms with Crippen LogP contribution in [0.5, 0.6) is 0 Å². The summed E-state index contributed by atoms with van der Waals surface area (Å²) in [7, 11) is 0. The van der Waals surface area contributed by atoms with Gasteiger partial charge in [-0.1, -0.05) is 50.3 Å². The van der Waals surface area contributed by atoms with Crippen LogP contribution in [0, 0.1) is 0 Å². The maximum atomic E-state index is 3.72. The number of anilines is 2. The molecule has 0 unspecified atom stereocenters. The van der Waals surface area contributed by atoms with Crippen LogP contribution >= 0.6 is 0 Å². The van der Waals surface area contributed by atoms with Crippen molar-refractivity contribution in [1.82, 2.24) is 0 Å². The van der Waals surface area contributed by atoms with Gasteiger partial charge in [0, 0.05) is 29.9 Å². The van der Waals surface area contributed by atoms with E-state index in [0.717, 1.165) is 24.5 Å². The fourth-order valence-electron chi connectivity index (χ4n) is 2.56. The van der Waals surface area contributed by atoms with E-state index in [0.29, 0.717) is 0 Å². The quantitative estimate of drug-likeness (QED) is 0.654. The normalized spacial score (nSPS) is 10.9. The van der Waals surface area contributed by atoms with Crippen molar-refractivity contribution in [2.45, 2.75) is 19.3 Å². The second-order valence-corrected chi connectivity index (χ2v) is 6.12. The number of rotatable bonds is 8. The van der Waals surface area contributed by atoms with E-state index in [9.17, 15) is 0 Å². The van der Waals surface area contributed by atoms with E-state index in [1.807, 2.05) is 12.2 Å². The highest BCUT2D eigenvalue weighted by atomic mass is 14.9. The second kappa shape index (κ2) is 7.68. The highest BCUT2D eigenvalue weighted by Crippen LogP contribution is 2.32. The van der Waals surface area contributed by atoms with Crippen molar-refractivity contribution in [2.24, 2.45) is 0 Å². The van der Waals surface area contributed by atoms with E-state index in [1.54, 1.807) is 0 Å². The standard InChI is InChI=1S/C21H26N2/c1-5-15-22-19-11-7-17(8-12-19)21(3,4)18-9-13-20(14-10-18)23-16-6-2/h5-14,22-23H,1-2,15-16H2,3-4H3. The molecule has 0 atom stereocenters. The van der Waals surface area contributed by atoms with Gasteiger partial charge in [-0.3, -0.25) is 0 Å². The van der Waals surface area contributed by atoms with Crippen LogP contribution in [0.2, 0.25) is 0 Å². The zero-order chi connectivity index (χ0) is 16.7. The molecule has 23 heavy (non-hydrogen) atoms. The lowest BCUT2D eigenvalue weighted by Crippen LogP contribution is -2.18. The fraction of sp³-hybridized carbons (Fsp3) is 0.238. The van der Waals surface area contributed by atoms with Gasteiger partial charge in [-0.25, -0.2) is 0 Å². The summed E-state index contributed by atoms with van der Waals surface area (Å²) in [5, 5.41) is 6.61. The Labute approximate surface area is 139 Å². The summed E-state index contributed by atoms with van der Waals surface area (Å²) in [6.45, 7) is 13.5. The molecular formula is C21H26N2. The van der Waals surface area contributed by atoms with Gasteiger partial charge in [0.05, 0.1) is 0 Å². The van der Waals surface area contributed by atoms with E-state index in [4.69, 9.17) is 0 Å². The monoisotopic (exact) mass is 306 g/mol. The van der Waals surface area contributed by atoms with Crippen LogP contribution in [0.3, 0.4) is 0 Å². The van der Waals surface area contributed by atoms with Crippen LogP contribution in [0.4, 0.5) is 11.4 Å². The van der Waals surface area contributed by atoms with Gasteiger partial charge in [-0.05, 0) is 35.4 Å². The zero-order valence-corrected chi connectivity index (χ0v) is 14.1. The van der Waals surface area contributed by atoms with Crippen molar-refractivity contribution in [2.75, 3.05) is 23.7 Å². The number of nitrogens with one attached hydrogen (secondary N) is 2. The minimum Gasteiger partial charge on any atom is -0.382 e. The lowest BCUT2D eigenvalue weighted by atomic mass is 9.78. The average molecular weight is 306 g/mol. The van der Waals surface area contributed by atoms with Gasteiger partial charge in [0.1, 0.15) is 0 Å². The Morgan fingerprint density at radius 2 is 1.09 bits per heavy atom. The SMILES string of the molecule is C=CCNc1ccc(C(C)(C)c2ccc(NCC=C)cc2)cc1. The molecular weight excluding hydrogens is 280 g/mol. The summed E-state index contributed by atoms with van der Waals surface area (Å²) in [6, 6.07) is 17.3. The smallest absolute Gasteiger partial charge is 0.0342 e. The predicted molar refractivity (Wildman–Crippen MR) is 102 cm³/mol. The Kier molecular flexibility index (Phi) is 5.64. The Morgan fingerprint density at radius 1 is 0.739 bits per heavy atom. The van der Waals surface area contributed by atoms with Crippen LogP contribution in [-0.2, 0) is 5.41 Å². The van der Waals surface area contributed by atoms with Gasteiger partial charge in [-0.2, -0.15) is 0 Å². The van der Waals surface area contributed by atoms with Crippen molar-refractivity contribution in [1.29, 1.82) is 0 Å². The minimum atomic E-state index is -0.0338. The molecule has 0 bridgehead atoms. The van der Waals surface area contributed by atoms with Gasteiger partial charge in [0.25, 0.3) is 0 Å². The van der Waals surface area contributed by atoms with Crippen LogP contribution in [0.25, 0.3) is 0 Å². The summed E-state index contributed by atoms with van der Waals surface area (Å²) >= 11 is 0. The van der Waals surface area contributed by atoms with Gasteiger partial charge in [0.15, 0.2) is 0 Å². The molecule has 2 heteroatoms. The van der Waals surface area contributed by atoms with E-state index in [-0.39, 0.29) is 5.41 Å². The first-order chi connectivity index (χ1) is 11.1. The van der Waals surface area contributed by atoms with Crippen LogP contribution < -0.4 is 10.6 Å². The van der Waals surface area contributed by atoms with E-state index < -0.39 is 0 Å². The van der Waals surface area contributed by atoms with Crippen molar-refractivity contribution in [3.05, 3.63) is 85.0 Å². The molecule has 0 amide bonds. The summed E-state index contributed by atoms with van der Waals surface area (Å²) in [5.74, 6) is 0. The summed E-state index contributed by atoms with van der Waals surface area (Å²) in [4.78, 5) is 0. The average Bonchev–Trinajstić information content (AvgIpc) is 2.59. The van der Waals surface area contributed by atoms with Gasteiger partial charge in [0.2, 0.25) is 0 Å². The van der Waals surface area contributed by atoms with E-state index in [2.05, 4.69) is 86.2 Å². The molecule has 2 aromatic rings. The topological polar surface area (TPSA) is 24.1 Å². The van der Waals surface area contributed by atoms with Crippen LogP contribution in [0.1, 0.15) is 25.0 Å². The molecule has 0 saturated carbocycles. The van der Waals surface area contributed by atoms with Gasteiger partial charge < -0.3 is 10.6 Å². The molecule has 0 spiro atoms. The zero-order valence-electron chi connectivity index (χ0n) is 14.1. The highest BCUT2D eigenvalue weighted by Gasteiger charge is 2.22. The third-order valence-electron chi connectivity index (χ3n) is 4.11. The highest BCUT2D eigenvalue weighted by molar-refractivity contribution is 5.51. The van der Waals surface area contributed by atoms with Crippen molar-refractivity contribution >= 4 is 11.4 Å². The van der Waals surface area contributed by atoms with Crippen molar-refractivity contribution in [3.63, 3.8) is 0 Å². The molecule has 2 N–H and O–H groups in total. The number of hydrogen-bond donors (Lipinski definition) is 2. The van der Waals surface area contributed by atoms with Crippen molar-refractivity contribution in [3.8, 4) is 0 Å². The lowest BCUT2D eigenvalue weighted by molar-refractivity contribution is 0.641. The van der Waals surface area contributed by atoms with Crippen molar-refractivity contribution < 1.29 is 0 Å². The minimum absolute atomic E-state index is 0.0338. The second-order valence-electron chi connectivity index (χ2n) is 6.12. The van der Waals surface area contributed by atoms with Crippen LogP contribution in [-0.4, -0.2) is 13.1 Å². The van der Waals surface area contributed by atoms with E-state index >= 15 is 0 Å². The molecule has 0 aliphatic rings. The Morgan fingerprint density at radius 3 is 1.39 bits per heavy atom. The first-order valence-electron chi connectivity index (χ1n) is 7.98. The Bertz CT molecular complexity index is 579. The van der Waals surface area contributed by atoms with Crippen LogP contribution in [0.15, 0.2) is 73.8 Å². The molecule has 0 radical (unpaired) electrons. The molecule has 0 heterocycles. The maximum absolute atomic E-state index is 3.72. The fourth-order valence-corrected chi connectivity index (χ4v) is 2.56. The lowest BCUT2D eigenvalue weighted by Gasteiger charge is -2.26. The van der Waals surface area contributed by atoms with Gasteiger partial charge in [-0.15, -0.1) is 13.2 Å². The summed E-state index contributed by atoms with van der Waals surface area (Å²) in [6.07, 6.45) is 3.72. The first-order valence-corrected chi connectivity index (χ1v) is 7.98. The molecule has 0 fully saturated rings. The first kappa shape index (κ1) is 16.9. The molecule has 0 aliphatic carbocycles. The maximum Gasteiger partial charge on any atom is 0.0342 e. The number of hydrogen-bond acceptors (Lipinski definition) is 2. The third kappa shape index (κ3) is 4.26. The Balaban J connectivity index is 2.16. The molecule has 2 nitrogen and oxygen atoms in total. The molecule has 0 saturated heterocycles. The van der Waals surface area contributed by atoms with E-state index in [1.165, 1.54) is 11.1 Å². The molecule has 0 aliphatic heterocycles. The largest absolute Gasteiger partial charge is 0.382 e. The molecule has 0 aromatic heterocycles.